The molecule has 7 heteroatoms. The molecule has 0 aliphatic heterocycles. The monoisotopic (exact) mass is 409 g/mol. The minimum atomic E-state index is -0.308. The third-order valence-electron chi connectivity index (χ3n) is 4.62. The van der Waals surface area contributed by atoms with E-state index in [0.717, 1.165) is 17.1 Å². The number of likely N-dealkylation sites (N-methyl/N-ethyl adjacent to an activating group) is 1. The molecule has 0 radical (unpaired) electrons. The Morgan fingerprint density at radius 2 is 1.70 bits per heavy atom. The van der Waals surface area contributed by atoms with Gasteiger partial charge in [-0.1, -0.05) is 0 Å². The Balaban J connectivity index is 1.70. The van der Waals surface area contributed by atoms with Crippen LogP contribution in [-0.4, -0.2) is 29.5 Å². The summed E-state index contributed by atoms with van der Waals surface area (Å²) >= 11 is 0. The van der Waals surface area contributed by atoms with Gasteiger partial charge in [-0.2, -0.15) is 0 Å². The number of ether oxygens (including phenoxy) is 1. The number of rotatable bonds is 7. The summed E-state index contributed by atoms with van der Waals surface area (Å²) in [4.78, 5) is 24.2. The fourth-order valence-electron chi connectivity index (χ4n) is 3.21. The summed E-state index contributed by atoms with van der Waals surface area (Å²) in [5.41, 5.74) is 3.57. The number of carbonyl (C=O) groups excluding carboxylic acids is 2. The van der Waals surface area contributed by atoms with E-state index < -0.39 is 0 Å². The van der Waals surface area contributed by atoms with Gasteiger partial charge in [0.25, 0.3) is 11.8 Å². The molecular weight excluding hydrogens is 385 g/mol. The Kier molecular flexibility index (Phi) is 6.51. The largest absolute Gasteiger partial charge is 0.484 e. The second-order valence-electron chi connectivity index (χ2n) is 6.82. The average Bonchev–Trinajstić information content (AvgIpc) is 3.03. The quantitative estimate of drug-likeness (QED) is 0.620. The fourth-order valence-corrected chi connectivity index (χ4v) is 3.21. The number of hydrogen-bond acceptors (Lipinski definition) is 3. The highest BCUT2D eigenvalue weighted by Crippen LogP contribution is 2.23. The van der Waals surface area contributed by atoms with E-state index in [2.05, 4.69) is 10.6 Å². The Bertz CT molecular complexity index is 1040. The molecular formula is C23H24FN3O3. The molecule has 156 valence electrons. The van der Waals surface area contributed by atoms with Crippen molar-refractivity contribution in [3.63, 3.8) is 0 Å². The van der Waals surface area contributed by atoms with Crippen molar-refractivity contribution < 1.29 is 18.7 Å². The van der Waals surface area contributed by atoms with Gasteiger partial charge in [0.2, 0.25) is 0 Å². The number of halogens is 1. The summed E-state index contributed by atoms with van der Waals surface area (Å²) in [6.07, 6.45) is 0. The van der Waals surface area contributed by atoms with Gasteiger partial charge in [0, 0.05) is 29.3 Å². The Morgan fingerprint density at radius 1 is 1.03 bits per heavy atom. The van der Waals surface area contributed by atoms with Crippen molar-refractivity contribution in [3.05, 3.63) is 77.4 Å². The third-order valence-corrected chi connectivity index (χ3v) is 4.62. The molecule has 30 heavy (non-hydrogen) atoms. The molecule has 2 amide bonds. The molecule has 2 N–H and O–H groups in total. The molecule has 0 spiro atoms. The number of nitrogens with one attached hydrogen (secondary N) is 2. The second kappa shape index (κ2) is 9.26. The van der Waals surface area contributed by atoms with E-state index in [1.54, 1.807) is 42.5 Å². The zero-order chi connectivity index (χ0) is 21.7. The van der Waals surface area contributed by atoms with Crippen molar-refractivity contribution in [1.82, 2.24) is 9.88 Å². The summed E-state index contributed by atoms with van der Waals surface area (Å²) in [5.74, 6) is -0.204. The van der Waals surface area contributed by atoms with Crippen LogP contribution in [0.5, 0.6) is 5.75 Å². The summed E-state index contributed by atoms with van der Waals surface area (Å²) in [6, 6.07) is 14.7. The molecule has 3 aromatic rings. The number of nitrogens with zero attached hydrogens (tertiary/aromatic N) is 1. The molecule has 1 heterocycles. The van der Waals surface area contributed by atoms with Crippen LogP contribution in [0.15, 0.2) is 54.6 Å². The standard InChI is InChI=1S/C23H24FN3O3/c1-4-25-22(28)14-30-20-11-7-18(8-12-20)26-23(29)21-13-15(2)27(16(21)3)19-9-5-17(24)6-10-19/h5-13H,4,14H2,1-3H3,(H,25,28)(H,26,29). The molecule has 6 nitrogen and oxygen atoms in total. The van der Waals surface area contributed by atoms with E-state index >= 15 is 0 Å². The SMILES string of the molecule is CCNC(=O)COc1ccc(NC(=O)c2cc(C)n(-c3ccc(F)cc3)c2C)cc1. The first kappa shape index (κ1) is 21.1. The molecule has 0 bridgehead atoms. The first-order chi connectivity index (χ1) is 14.4. The van der Waals surface area contributed by atoms with E-state index in [1.807, 2.05) is 25.3 Å². The lowest BCUT2D eigenvalue weighted by molar-refractivity contribution is -0.122. The molecule has 1 aromatic heterocycles. The number of aromatic nitrogens is 1. The van der Waals surface area contributed by atoms with E-state index in [0.29, 0.717) is 23.5 Å². The molecule has 0 saturated heterocycles. The van der Waals surface area contributed by atoms with Crippen LogP contribution in [0.2, 0.25) is 0 Å². The number of amides is 2. The van der Waals surface area contributed by atoms with E-state index in [4.69, 9.17) is 4.74 Å². The fraction of sp³-hybridized carbons (Fsp3) is 0.217. The minimum Gasteiger partial charge on any atom is -0.484 e. The lowest BCUT2D eigenvalue weighted by Gasteiger charge is -2.10. The van der Waals surface area contributed by atoms with Crippen LogP contribution in [0.1, 0.15) is 28.7 Å². The molecule has 3 rings (SSSR count). The molecule has 0 unspecified atom stereocenters. The summed E-state index contributed by atoms with van der Waals surface area (Å²) < 4.78 is 20.5. The minimum absolute atomic E-state index is 0.0606. The van der Waals surface area contributed by atoms with Crippen molar-refractivity contribution >= 4 is 17.5 Å². The summed E-state index contributed by atoms with van der Waals surface area (Å²) in [6.45, 7) is 6.08. The molecule has 2 aromatic carbocycles. The Hall–Kier alpha value is -3.61. The van der Waals surface area contributed by atoms with Crippen LogP contribution in [0.4, 0.5) is 10.1 Å². The maximum absolute atomic E-state index is 13.2. The van der Waals surface area contributed by atoms with Crippen molar-refractivity contribution in [3.8, 4) is 11.4 Å². The van der Waals surface area contributed by atoms with Gasteiger partial charge in [0.1, 0.15) is 11.6 Å². The number of anilines is 1. The first-order valence-electron chi connectivity index (χ1n) is 9.65. The van der Waals surface area contributed by atoms with Gasteiger partial charge in [0.05, 0.1) is 5.56 Å². The van der Waals surface area contributed by atoms with Gasteiger partial charge in [-0.15, -0.1) is 0 Å². The van der Waals surface area contributed by atoms with Crippen LogP contribution in [0.25, 0.3) is 5.69 Å². The molecule has 0 atom stereocenters. The number of aryl methyl sites for hydroxylation is 1. The topological polar surface area (TPSA) is 72.4 Å². The van der Waals surface area contributed by atoms with E-state index in [1.165, 1.54) is 12.1 Å². The van der Waals surface area contributed by atoms with Crippen LogP contribution < -0.4 is 15.4 Å². The van der Waals surface area contributed by atoms with Crippen LogP contribution in [0, 0.1) is 19.7 Å². The van der Waals surface area contributed by atoms with Gasteiger partial charge in [0.15, 0.2) is 6.61 Å². The smallest absolute Gasteiger partial charge is 0.257 e. The highest BCUT2D eigenvalue weighted by molar-refractivity contribution is 6.05. The average molecular weight is 409 g/mol. The zero-order valence-electron chi connectivity index (χ0n) is 17.2. The predicted octanol–water partition coefficient (Wildman–Crippen LogP) is 4.00. The third kappa shape index (κ3) is 4.86. The van der Waals surface area contributed by atoms with Crippen molar-refractivity contribution in [2.75, 3.05) is 18.5 Å². The van der Waals surface area contributed by atoms with Crippen molar-refractivity contribution in [1.29, 1.82) is 0 Å². The maximum atomic E-state index is 13.2. The van der Waals surface area contributed by atoms with Crippen LogP contribution >= 0.6 is 0 Å². The summed E-state index contributed by atoms with van der Waals surface area (Å²) in [5, 5.41) is 5.52. The van der Waals surface area contributed by atoms with Gasteiger partial charge in [-0.25, -0.2) is 4.39 Å². The lowest BCUT2D eigenvalue weighted by atomic mass is 10.2. The highest BCUT2D eigenvalue weighted by atomic mass is 19.1. The van der Waals surface area contributed by atoms with Gasteiger partial charge >= 0.3 is 0 Å². The van der Waals surface area contributed by atoms with Gasteiger partial charge < -0.3 is 19.9 Å². The first-order valence-corrected chi connectivity index (χ1v) is 9.65. The highest BCUT2D eigenvalue weighted by Gasteiger charge is 2.17. The van der Waals surface area contributed by atoms with E-state index in [9.17, 15) is 14.0 Å². The van der Waals surface area contributed by atoms with Crippen molar-refractivity contribution in [2.24, 2.45) is 0 Å². The lowest BCUT2D eigenvalue weighted by Crippen LogP contribution is -2.28. The number of benzene rings is 2. The number of hydrogen-bond donors (Lipinski definition) is 2. The summed E-state index contributed by atoms with van der Waals surface area (Å²) in [7, 11) is 0. The van der Waals surface area contributed by atoms with Crippen LogP contribution in [-0.2, 0) is 4.79 Å². The molecule has 0 fully saturated rings. The van der Waals surface area contributed by atoms with Crippen molar-refractivity contribution in [2.45, 2.75) is 20.8 Å². The number of carbonyl (C=O) groups is 2. The maximum Gasteiger partial charge on any atom is 0.257 e. The Morgan fingerprint density at radius 3 is 2.33 bits per heavy atom. The molecule has 0 aliphatic carbocycles. The molecule has 0 aliphatic rings. The molecule has 0 saturated carbocycles. The van der Waals surface area contributed by atoms with E-state index in [-0.39, 0.29) is 24.2 Å². The zero-order valence-corrected chi connectivity index (χ0v) is 17.2. The normalized spacial score (nSPS) is 10.5. The van der Waals surface area contributed by atoms with Gasteiger partial charge in [-0.05, 0) is 75.4 Å². The Labute approximate surface area is 174 Å². The predicted molar refractivity (Wildman–Crippen MR) is 114 cm³/mol. The van der Waals surface area contributed by atoms with Gasteiger partial charge in [-0.3, -0.25) is 9.59 Å². The second-order valence-corrected chi connectivity index (χ2v) is 6.82. The van der Waals surface area contributed by atoms with Crippen LogP contribution in [0.3, 0.4) is 0 Å².